The Morgan fingerprint density at radius 2 is 1.86 bits per heavy atom. The molecule has 1 atom stereocenters. The van der Waals surface area contributed by atoms with Crippen molar-refractivity contribution in [3.05, 3.63) is 53.1 Å². The molecule has 158 valence electrons. The summed E-state index contributed by atoms with van der Waals surface area (Å²) in [6.45, 7) is 6.09. The standard InChI is InChI=1S/C24H33NO4/c1-24(2)11-9-18-6-7-20(14-21(18)24)29-16-19(26)15-25-12-10-17-5-8-22(27-3)23(13-17)28-4/h5-8,13-14,19,25-26H,9-12,15-16H2,1-4H3. The molecule has 1 aliphatic rings. The molecule has 3 rings (SSSR count). The summed E-state index contributed by atoms with van der Waals surface area (Å²) < 4.78 is 16.4. The first-order valence-electron chi connectivity index (χ1n) is 10.3. The maximum Gasteiger partial charge on any atom is 0.160 e. The van der Waals surface area contributed by atoms with Crippen molar-refractivity contribution in [2.45, 2.75) is 44.6 Å². The van der Waals surface area contributed by atoms with Crippen molar-refractivity contribution < 1.29 is 19.3 Å². The fraction of sp³-hybridized carbons (Fsp3) is 0.500. The SMILES string of the molecule is COc1ccc(CCNCC(O)COc2ccc3c(c2)C(C)(C)CC3)cc1OC. The molecule has 5 heteroatoms. The molecule has 0 amide bonds. The average Bonchev–Trinajstić information content (AvgIpc) is 3.03. The van der Waals surface area contributed by atoms with E-state index in [1.54, 1.807) is 14.2 Å². The van der Waals surface area contributed by atoms with Crippen LogP contribution in [0.3, 0.4) is 0 Å². The molecule has 2 N–H and O–H groups in total. The van der Waals surface area contributed by atoms with Crippen LogP contribution in [-0.2, 0) is 18.3 Å². The zero-order chi connectivity index (χ0) is 20.9. The first kappa shape index (κ1) is 21.5. The molecule has 0 aromatic heterocycles. The van der Waals surface area contributed by atoms with Gasteiger partial charge in [0.2, 0.25) is 0 Å². The number of rotatable bonds is 10. The van der Waals surface area contributed by atoms with E-state index < -0.39 is 6.10 Å². The quantitative estimate of drug-likeness (QED) is 0.599. The molecule has 5 nitrogen and oxygen atoms in total. The molecule has 0 heterocycles. The van der Waals surface area contributed by atoms with Crippen molar-refractivity contribution in [2.75, 3.05) is 33.9 Å². The van der Waals surface area contributed by atoms with E-state index in [4.69, 9.17) is 14.2 Å². The van der Waals surface area contributed by atoms with Crippen molar-refractivity contribution in [1.82, 2.24) is 5.32 Å². The molecule has 1 unspecified atom stereocenters. The van der Waals surface area contributed by atoms with Crippen LogP contribution in [0.15, 0.2) is 36.4 Å². The van der Waals surface area contributed by atoms with Crippen LogP contribution in [0.1, 0.15) is 37.0 Å². The molecule has 0 aliphatic heterocycles. The summed E-state index contributed by atoms with van der Waals surface area (Å²) >= 11 is 0. The Morgan fingerprint density at radius 1 is 1.07 bits per heavy atom. The van der Waals surface area contributed by atoms with Crippen LogP contribution in [-0.4, -0.2) is 45.1 Å². The fourth-order valence-corrected chi connectivity index (χ4v) is 3.86. The van der Waals surface area contributed by atoms with E-state index in [0.29, 0.717) is 6.54 Å². The van der Waals surface area contributed by atoms with E-state index in [-0.39, 0.29) is 12.0 Å². The van der Waals surface area contributed by atoms with E-state index in [2.05, 4.69) is 31.3 Å². The summed E-state index contributed by atoms with van der Waals surface area (Å²) in [7, 11) is 3.27. The molecule has 2 aromatic rings. The molecule has 1 aliphatic carbocycles. The second kappa shape index (κ2) is 9.51. The summed E-state index contributed by atoms with van der Waals surface area (Å²) in [5.74, 6) is 2.30. The lowest BCUT2D eigenvalue weighted by molar-refractivity contribution is 0.106. The topological polar surface area (TPSA) is 60.0 Å². The largest absolute Gasteiger partial charge is 0.493 e. The predicted octanol–water partition coefficient (Wildman–Crippen LogP) is 3.50. The van der Waals surface area contributed by atoms with Crippen LogP contribution in [0.5, 0.6) is 17.2 Å². The van der Waals surface area contributed by atoms with Gasteiger partial charge in [-0.15, -0.1) is 0 Å². The van der Waals surface area contributed by atoms with Crippen molar-refractivity contribution in [2.24, 2.45) is 0 Å². The van der Waals surface area contributed by atoms with E-state index in [1.807, 2.05) is 24.3 Å². The Balaban J connectivity index is 1.40. The van der Waals surface area contributed by atoms with E-state index in [9.17, 15) is 5.11 Å². The number of ether oxygens (including phenoxy) is 3. The van der Waals surface area contributed by atoms with Crippen LogP contribution < -0.4 is 19.5 Å². The van der Waals surface area contributed by atoms with Crippen LogP contribution in [0.25, 0.3) is 0 Å². The van der Waals surface area contributed by atoms with Gasteiger partial charge < -0.3 is 24.6 Å². The number of nitrogens with one attached hydrogen (secondary N) is 1. The first-order valence-corrected chi connectivity index (χ1v) is 10.3. The Hall–Kier alpha value is -2.24. The number of aliphatic hydroxyl groups is 1. The van der Waals surface area contributed by atoms with Gasteiger partial charge in [-0.1, -0.05) is 26.0 Å². The Morgan fingerprint density at radius 3 is 2.62 bits per heavy atom. The molecule has 29 heavy (non-hydrogen) atoms. The molecule has 2 aromatic carbocycles. The number of hydrogen-bond donors (Lipinski definition) is 2. The third-order valence-corrected chi connectivity index (χ3v) is 5.69. The van der Waals surface area contributed by atoms with Crippen LogP contribution in [0.4, 0.5) is 0 Å². The Labute approximate surface area is 174 Å². The molecule has 0 saturated heterocycles. The maximum atomic E-state index is 10.2. The number of benzene rings is 2. The van der Waals surface area contributed by atoms with Crippen molar-refractivity contribution in [3.63, 3.8) is 0 Å². The minimum absolute atomic E-state index is 0.207. The van der Waals surface area contributed by atoms with Crippen LogP contribution >= 0.6 is 0 Å². The average molecular weight is 400 g/mol. The highest BCUT2D eigenvalue weighted by atomic mass is 16.5. The Kier molecular flexibility index (Phi) is 7.04. The summed E-state index contributed by atoms with van der Waals surface area (Å²) in [5, 5.41) is 13.5. The van der Waals surface area contributed by atoms with Gasteiger partial charge in [0.25, 0.3) is 0 Å². The zero-order valence-corrected chi connectivity index (χ0v) is 18.0. The second-order valence-corrected chi connectivity index (χ2v) is 8.31. The van der Waals surface area contributed by atoms with Gasteiger partial charge in [-0.3, -0.25) is 0 Å². The zero-order valence-electron chi connectivity index (χ0n) is 18.0. The third-order valence-electron chi connectivity index (χ3n) is 5.69. The normalized spacial score (nSPS) is 15.6. The monoisotopic (exact) mass is 399 g/mol. The lowest BCUT2D eigenvalue weighted by Gasteiger charge is -2.20. The third kappa shape index (κ3) is 5.43. The van der Waals surface area contributed by atoms with E-state index in [0.717, 1.165) is 42.2 Å². The van der Waals surface area contributed by atoms with Gasteiger partial charge in [0.1, 0.15) is 18.5 Å². The van der Waals surface area contributed by atoms with Crippen LogP contribution in [0, 0.1) is 0 Å². The van der Waals surface area contributed by atoms with Crippen molar-refractivity contribution in [1.29, 1.82) is 0 Å². The molecular weight excluding hydrogens is 366 g/mol. The Bertz CT molecular complexity index is 819. The first-order chi connectivity index (χ1) is 13.9. The molecule has 0 fully saturated rings. The summed E-state index contributed by atoms with van der Waals surface area (Å²) in [4.78, 5) is 0. The lowest BCUT2D eigenvalue weighted by atomic mass is 9.86. The highest BCUT2D eigenvalue weighted by Gasteiger charge is 2.29. The van der Waals surface area contributed by atoms with Gasteiger partial charge in [-0.25, -0.2) is 0 Å². The molecule has 0 radical (unpaired) electrons. The number of aryl methyl sites for hydroxylation is 1. The number of fused-ring (bicyclic) bond motifs is 1. The van der Waals surface area contributed by atoms with Gasteiger partial charge in [0.05, 0.1) is 14.2 Å². The van der Waals surface area contributed by atoms with Gasteiger partial charge in [0.15, 0.2) is 11.5 Å². The summed E-state index contributed by atoms with van der Waals surface area (Å²) in [6.07, 6.45) is 2.60. The van der Waals surface area contributed by atoms with Gasteiger partial charge in [-0.05, 0) is 72.2 Å². The molecule has 0 spiro atoms. The van der Waals surface area contributed by atoms with Crippen molar-refractivity contribution in [3.8, 4) is 17.2 Å². The highest BCUT2D eigenvalue weighted by Crippen LogP contribution is 2.39. The van der Waals surface area contributed by atoms with Gasteiger partial charge >= 0.3 is 0 Å². The predicted molar refractivity (Wildman–Crippen MR) is 115 cm³/mol. The maximum absolute atomic E-state index is 10.2. The van der Waals surface area contributed by atoms with Gasteiger partial charge in [0, 0.05) is 6.54 Å². The highest BCUT2D eigenvalue weighted by molar-refractivity contribution is 5.44. The molecule has 0 saturated carbocycles. The van der Waals surface area contributed by atoms with E-state index >= 15 is 0 Å². The van der Waals surface area contributed by atoms with Gasteiger partial charge in [-0.2, -0.15) is 0 Å². The summed E-state index contributed by atoms with van der Waals surface area (Å²) in [6, 6.07) is 12.2. The number of methoxy groups -OCH3 is 2. The van der Waals surface area contributed by atoms with Crippen LogP contribution in [0.2, 0.25) is 0 Å². The smallest absolute Gasteiger partial charge is 0.160 e. The van der Waals surface area contributed by atoms with Crippen molar-refractivity contribution >= 4 is 0 Å². The molecule has 0 bridgehead atoms. The minimum Gasteiger partial charge on any atom is -0.493 e. The number of hydrogen-bond acceptors (Lipinski definition) is 5. The number of aliphatic hydroxyl groups excluding tert-OH is 1. The fourth-order valence-electron chi connectivity index (χ4n) is 3.86. The minimum atomic E-state index is -0.554. The lowest BCUT2D eigenvalue weighted by Crippen LogP contribution is -2.32. The molecular formula is C24H33NO4. The second-order valence-electron chi connectivity index (χ2n) is 8.31. The van der Waals surface area contributed by atoms with E-state index in [1.165, 1.54) is 17.5 Å². The summed E-state index contributed by atoms with van der Waals surface area (Å²) in [5.41, 5.74) is 4.15.